The fourth-order valence-electron chi connectivity index (χ4n) is 6.47. The van der Waals surface area contributed by atoms with Crippen LogP contribution in [0.25, 0.3) is 0 Å². The third kappa shape index (κ3) is 7.66. The van der Waals surface area contributed by atoms with Crippen LogP contribution in [-0.2, 0) is 28.0 Å². The van der Waals surface area contributed by atoms with Gasteiger partial charge in [0.1, 0.15) is 24.5 Å². The Morgan fingerprint density at radius 2 is 1.73 bits per heavy atom. The molecule has 2 aliphatic rings. The predicted octanol–water partition coefficient (Wildman–Crippen LogP) is 5.95. The second-order valence-corrected chi connectivity index (χ2v) is 15.0. The van der Waals surface area contributed by atoms with Crippen LogP contribution in [0.3, 0.4) is 0 Å². The highest BCUT2D eigenvalue weighted by Gasteiger charge is 2.45. The van der Waals surface area contributed by atoms with E-state index in [1.54, 1.807) is 44.7 Å². The van der Waals surface area contributed by atoms with Crippen LogP contribution in [-0.4, -0.2) is 66.1 Å². The summed E-state index contributed by atoms with van der Waals surface area (Å²) in [4.78, 5) is 39.1. The minimum atomic E-state index is -4.52. The second-order valence-electron chi connectivity index (χ2n) is 13.1. The third-order valence-corrected chi connectivity index (χ3v) is 11.4. The zero-order chi connectivity index (χ0) is 37.0. The SMILES string of the molecule is CN(C)C(=O)c1ccc(N(Cc2cnc(C3CCCCC3)cn2)C(=O)C2CCN2S(=O)(=O)c2cc(F)c(F)c(C#N)c2)cc1OCc1ccccc1. The molecule has 1 atom stereocenters. The maximum absolute atomic E-state index is 14.5. The van der Waals surface area contributed by atoms with Crippen molar-refractivity contribution in [3.05, 3.63) is 113 Å². The van der Waals surface area contributed by atoms with Gasteiger partial charge in [0.15, 0.2) is 11.6 Å². The molecule has 1 saturated carbocycles. The Kier molecular flexibility index (Phi) is 10.9. The first-order valence-electron chi connectivity index (χ1n) is 17.0. The first-order valence-corrected chi connectivity index (χ1v) is 18.5. The molecule has 2 amide bonds. The number of amides is 2. The van der Waals surface area contributed by atoms with Gasteiger partial charge in [-0.3, -0.25) is 19.6 Å². The van der Waals surface area contributed by atoms with Crippen molar-refractivity contribution in [1.82, 2.24) is 19.2 Å². The molecule has 1 unspecified atom stereocenters. The molecule has 3 aromatic carbocycles. The summed E-state index contributed by atoms with van der Waals surface area (Å²) in [6, 6.07) is 15.6. The van der Waals surface area contributed by atoms with Crippen LogP contribution in [0.15, 0.2) is 78.0 Å². The average molecular weight is 729 g/mol. The van der Waals surface area contributed by atoms with Gasteiger partial charge in [-0.25, -0.2) is 17.2 Å². The van der Waals surface area contributed by atoms with Crippen LogP contribution in [0.5, 0.6) is 5.75 Å². The number of nitriles is 1. The molecule has 52 heavy (non-hydrogen) atoms. The highest BCUT2D eigenvalue weighted by Crippen LogP contribution is 2.35. The van der Waals surface area contributed by atoms with Crippen molar-refractivity contribution in [3.8, 4) is 11.8 Å². The summed E-state index contributed by atoms with van der Waals surface area (Å²) in [5, 5.41) is 9.25. The normalized spacial score (nSPS) is 16.4. The van der Waals surface area contributed by atoms with Crippen LogP contribution in [0, 0.1) is 23.0 Å². The van der Waals surface area contributed by atoms with E-state index in [4.69, 9.17) is 4.74 Å². The van der Waals surface area contributed by atoms with Crippen LogP contribution >= 0.6 is 0 Å². The van der Waals surface area contributed by atoms with Crippen molar-refractivity contribution >= 4 is 27.5 Å². The van der Waals surface area contributed by atoms with E-state index in [9.17, 15) is 32.0 Å². The zero-order valence-electron chi connectivity index (χ0n) is 28.8. The van der Waals surface area contributed by atoms with Gasteiger partial charge in [0.25, 0.3) is 5.91 Å². The summed E-state index contributed by atoms with van der Waals surface area (Å²) in [7, 11) is -1.30. The molecule has 0 radical (unpaired) electrons. The monoisotopic (exact) mass is 728 g/mol. The van der Waals surface area contributed by atoms with E-state index in [0.717, 1.165) is 47.3 Å². The minimum absolute atomic E-state index is 0.0644. The number of anilines is 1. The molecule has 0 spiro atoms. The molecule has 14 heteroatoms. The molecule has 2 fully saturated rings. The molecule has 270 valence electrons. The number of aromatic nitrogens is 2. The van der Waals surface area contributed by atoms with E-state index in [1.807, 2.05) is 30.3 Å². The van der Waals surface area contributed by atoms with E-state index in [1.165, 1.54) is 22.3 Å². The van der Waals surface area contributed by atoms with E-state index in [-0.39, 0.29) is 43.3 Å². The highest BCUT2D eigenvalue weighted by atomic mass is 32.2. The van der Waals surface area contributed by atoms with Crippen LogP contribution < -0.4 is 9.64 Å². The Labute approximate surface area is 301 Å². The summed E-state index contributed by atoms with van der Waals surface area (Å²) in [6.45, 7) is -0.0251. The molecular weight excluding hydrogens is 691 g/mol. The Bertz CT molecular complexity index is 2100. The molecular formula is C38H38F2N6O5S. The number of carbonyl (C=O) groups excluding carboxylic acids is 2. The molecule has 6 rings (SSSR count). The Balaban J connectivity index is 1.36. The van der Waals surface area contributed by atoms with Gasteiger partial charge in [0.05, 0.1) is 40.2 Å². The summed E-state index contributed by atoms with van der Waals surface area (Å²) in [5.41, 5.74) is 1.97. The number of ether oxygens (including phenoxy) is 1. The summed E-state index contributed by atoms with van der Waals surface area (Å²) >= 11 is 0. The molecule has 11 nitrogen and oxygen atoms in total. The number of hydrogen-bond acceptors (Lipinski definition) is 8. The number of benzene rings is 3. The number of carbonyl (C=O) groups is 2. The topological polar surface area (TPSA) is 137 Å². The quantitative estimate of drug-likeness (QED) is 0.185. The van der Waals surface area contributed by atoms with Gasteiger partial charge < -0.3 is 14.5 Å². The molecule has 1 aliphatic heterocycles. The maximum atomic E-state index is 14.5. The number of nitrogens with zero attached hydrogens (tertiary/aromatic N) is 6. The summed E-state index contributed by atoms with van der Waals surface area (Å²) < 4.78 is 62.9. The minimum Gasteiger partial charge on any atom is -0.488 e. The zero-order valence-corrected chi connectivity index (χ0v) is 29.7. The fourth-order valence-corrected chi connectivity index (χ4v) is 8.14. The van der Waals surface area contributed by atoms with Crippen LogP contribution in [0.2, 0.25) is 0 Å². The molecule has 4 aromatic rings. The van der Waals surface area contributed by atoms with E-state index in [2.05, 4.69) is 9.97 Å². The van der Waals surface area contributed by atoms with Gasteiger partial charge in [-0.2, -0.15) is 9.57 Å². The fraction of sp³-hybridized carbons (Fsp3) is 0.342. The lowest BCUT2D eigenvalue weighted by atomic mass is 9.87. The van der Waals surface area contributed by atoms with Crippen molar-refractivity contribution in [2.24, 2.45) is 0 Å². The molecule has 1 aromatic heterocycles. The van der Waals surface area contributed by atoms with Crippen LogP contribution in [0.4, 0.5) is 14.5 Å². The van der Waals surface area contributed by atoms with E-state index < -0.39 is 44.1 Å². The molecule has 0 bridgehead atoms. The van der Waals surface area contributed by atoms with Crippen LogP contribution in [0.1, 0.15) is 77.3 Å². The molecule has 1 saturated heterocycles. The number of sulfonamides is 1. The maximum Gasteiger partial charge on any atom is 0.257 e. The second kappa shape index (κ2) is 15.5. The number of hydrogen-bond donors (Lipinski definition) is 0. The lowest BCUT2D eigenvalue weighted by Gasteiger charge is -2.41. The van der Waals surface area contributed by atoms with Crippen molar-refractivity contribution < 1.29 is 31.5 Å². The Hall–Kier alpha value is -5.26. The average Bonchev–Trinajstić information content (AvgIpc) is 3.14. The largest absolute Gasteiger partial charge is 0.488 e. The van der Waals surface area contributed by atoms with E-state index >= 15 is 0 Å². The highest BCUT2D eigenvalue weighted by molar-refractivity contribution is 7.89. The van der Waals surface area contributed by atoms with Gasteiger partial charge in [-0.05, 0) is 49.1 Å². The summed E-state index contributed by atoms with van der Waals surface area (Å²) in [6.07, 6.45) is 8.98. The van der Waals surface area contributed by atoms with E-state index in [0.29, 0.717) is 23.4 Å². The standard InChI is InChI=1S/C38H38F2N6O5S/c1-44(2)37(47)31-14-13-29(18-35(31)51-24-25-9-5-3-6-10-25)45(23-28-21-43-33(22-42-28)26-11-7-4-8-12-26)38(48)34-15-16-46(34)52(49,50)30-17-27(20-41)36(40)32(39)19-30/h3,5-6,9-10,13-14,17-19,21-22,26,34H,4,7-8,11-12,15-16,23-24H2,1-2H3. The van der Waals surface area contributed by atoms with Crippen molar-refractivity contribution in [3.63, 3.8) is 0 Å². The van der Waals surface area contributed by atoms with Gasteiger partial charge >= 0.3 is 0 Å². The first-order chi connectivity index (χ1) is 25.0. The Morgan fingerprint density at radius 3 is 2.37 bits per heavy atom. The summed E-state index contributed by atoms with van der Waals surface area (Å²) in [5.74, 6) is -3.37. The van der Waals surface area contributed by atoms with Gasteiger partial charge in [-0.15, -0.1) is 0 Å². The van der Waals surface area contributed by atoms with Crippen molar-refractivity contribution in [2.75, 3.05) is 25.5 Å². The van der Waals surface area contributed by atoms with Gasteiger partial charge in [0.2, 0.25) is 15.9 Å². The Morgan fingerprint density at radius 1 is 0.981 bits per heavy atom. The number of halogens is 2. The van der Waals surface area contributed by atoms with Gasteiger partial charge in [0, 0.05) is 44.5 Å². The number of rotatable bonds is 11. The van der Waals surface area contributed by atoms with Crippen molar-refractivity contribution in [1.29, 1.82) is 5.26 Å². The molecule has 2 heterocycles. The predicted molar refractivity (Wildman–Crippen MR) is 188 cm³/mol. The smallest absolute Gasteiger partial charge is 0.257 e. The molecule has 0 N–H and O–H groups in total. The third-order valence-electron chi connectivity index (χ3n) is 9.47. The lowest BCUT2D eigenvalue weighted by molar-refractivity contribution is -0.125. The lowest BCUT2D eigenvalue weighted by Crippen LogP contribution is -2.59. The first kappa shape index (κ1) is 36.5. The van der Waals surface area contributed by atoms with Crippen molar-refractivity contribution in [2.45, 2.75) is 68.5 Å². The van der Waals surface area contributed by atoms with Gasteiger partial charge in [-0.1, -0.05) is 49.6 Å². The molecule has 1 aliphatic carbocycles.